The van der Waals surface area contributed by atoms with E-state index in [4.69, 9.17) is 10.5 Å². The summed E-state index contributed by atoms with van der Waals surface area (Å²) in [6.45, 7) is 2.63. The fraction of sp³-hybridized carbons (Fsp3) is 0.375. The summed E-state index contributed by atoms with van der Waals surface area (Å²) >= 11 is 0. The van der Waals surface area contributed by atoms with Gasteiger partial charge in [0.2, 0.25) is 0 Å². The van der Waals surface area contributed by atoms with E-state index in [0.29, 0.717) is 6.54 Å². The van der Waals surface area contributed by atoms with Crippen LogP contribution in [0.15, 0.2) is 36.4 Å². The quantitative estimate of drug-likeness (QED) is 0.880. The van der Waals surface area contributed by atoms with Crippen LogP contribution in [0.1, 0.15) is 12.0 Å². The van der Waals surface area contributed by atoms with Gasteiger partial charge in [-0.1, -0.05) is 30.3 Å². The van der Waals surface area contributed by atoms with Crippen molar-refractivity contribution in [1.82, 2.24) is 5.32 Å². The molecule has 1 atom stereocenters. The second kappa shape index (κ2) is 5.59. The minimum absolute atomic E-state index is 0.290. The molecule has 2 aromatic carbocycles. The van der Waals surface area contributed by atoms with Gasteiger partial charge in [-0.15, -0.1) is 0 Å². The number of hydrogen-bond acceptors (Lipinski definition) is 3. The molecular weight excluding hydrogens is 236 g/mol. The van der Waals surface area contributed by atoms with Crippen molar-refractivity contribution in [1.29, 1.82) is 0 Å². The fourth-order valence-corrected chi connectivity index (χ4v) is 2.74. The van der Waals surface area contributed by atoms with Crippen LogP contribution in [0.2, 0.25) is 0 Å². The Morgan fingerprint density at radius 2 is 2.11 bits per heavy atom. The molecule has 0 spiro atoms. The number of fused-ring (bicyclic) bond motifs is 1. The van der Waals surface area contributed by atoms with E-state index in [1.165, 1.54) is 16.3 Å². The van der Waals surface area contributed by atoms with E-state index >= 15 is 0 Å². The van der Waals surface area contributed by atoms with Gasteiger partial charge in [-0.3, -0.25) is 0 Å². The molecule has 1 fully saturated rings. The minimum Gasteiger partial charge on any atom is -0.489 e. The zero-order valence-corrected chi connectivity index (χ0v) is 11.1. The molecule has 0 radical (unpaired) electrons. The van der Waals surface area contributed by atoms with Crippen LogP contribution in [0.5, 0.6) is 5.75 Å². The van der Waals surface area contributed by atoms with Crippen molar-refractivity contribution in [2.24, 2.45) is 5.73 Å². The summed E-state index contributed by atoms with van der Waals surface area (Å²) in [5, 5.41) is 5.84. The molecule has 2 aromatic rings. The first-order valence-electron chi connectivity index (χ1n) is 6.96. The monoisotopic (exact) mass is 256 g/mol. The lowest BCUT2D eigenvalue weighted by molar-refractivity contribution is 0.221. The van der Waals surface area contributed by atoms with Gasteiger partial charge in [0.15, 0.2) is 0 Å². The van der Waals surface area contributed by atoms with Gasteiger partial charge in [0.05, 0.1) is 0 Å². The molecule has 3 N–H and O–H groups in total. The lowest BCUT2D eigenvalue weighted by Gasteiger charge is -2.17. The fourth-order valence-electron chi connectivity index (χ4n) is 2.74. The van der Waals surface area contributed by atoms with Crippen LogP contribution in [0.4, 0.5) is 0 Å². The van der Waals surface area contributed by atoms with Gasteiger partial charge < -0.3 is 15.8 Å². The molecule has 19 heavy (non-hydrogen) atoms. The van der Waals surface area contributed by atoms with Crippen molar-refractivity contribution in [2.75, 3.05) is 19.6 Å². The van der Waals surface area contributed by atoms with E-state index in [-0.39, 0.29) is 6.10 Å². The Labute approximate surface area is 113 Å². The Kier molecular flexibility index (Phi) is 3.67. The Balaban J connectivity index is 1.99. The standard InChI is InChI=1S/C16H20N2O/c17-9-7-15-14-4-2-1-3-12(14)5-6-16(15)19-13-8-10-18-11-13/h1-6,13,18H,7-11,17H2. The molecule has 1 aliphatic rings. The third-order valence-corrected chi connectivity index (χ3v) is 3.70. The zero-order valence-electron chi connectivity index (χ0n) is 11.1. The Morgan fingerprint density at radius 3 is 2.89 bits per heavy atom. The summed E-state index contributed by atoms with van der Waals surface area (Å²) in [5.41, 5.74) is 7.00. The number of hydrogen-bond donors (Lipinski definition) is 2. The van der Waals surface area contributed by atoms with E-state index in [2.05, 4.69) is 41.7 Å². The van der Waals surface area contributed by atoms with E-state index in [9.17, 15) is 0 Å². The Morgan fingerprint density at radius 1 is 1.21 bits per heavy atom. The highest BCUT2D eigenvalue weighted by Crippen LogP contribution is 2.29. The molecule has 3 rings (SSSR count). The molecule has 0 aliphatic carbocycles. The lowest BCUT2D eigenvalue weighted by atomic mass is 10.0. The van der Waals surface area contributed by atoms with Crippen molar-refractivity contribution >= 4 is 10.8 Å². The molecule has 3 nitrogen and oxygen atoms in total. The molecule has 1 heterocycles. The maximum Gasteiger partial charge on any atom is 0.123 e. The molecule has 0 bridgehead atoms. The van der Waals surface area contributed by atoms with Crippen molar-refractivity contribution in [3.05, 3.63) is 42.0 Å². The molecule has 0 saturated carbocycles. The molecule has 0 aromatic heterocycles. The number of benzene rings is 2. The van der Waals surface area contributed by atoms with Crippen LogP contribution in [0.3, 0.4) is 0 Å². The predicted octanol–water partition coefficient (Wildman–Crippen LogP) is 2.08. The lowest BCUT2D eigenvalue weighted by Crippen LogP contribution is -2.20. The van der Waals surface area contributed by atoms with Crippen molar-refractivity contribution in [2.45, 2.75) is 18.9 Å². The zero-order chi connectivity index (χ0) is 13.1. The van der Waals surface area contributed by atoms with Gasteiger partial charge in [-0.05, 0) is 42.8 Å². The first kappa shape index (κ1) is 12.5. The highest BCUT2D eigenvalue weighted by atomic mass is 16.5. The molecule has 1 saturated heterocycles. The first-order chi connectivity index (χ1) is 9.38. The van der Waals surface area contributed by atoms with Gasteiger partial charge >= 0.3 is 0 Å². The number of rotatable bonds is 4. The topological polar surface area (TPSA) is 47.3 Å². The summed E-state index contributed by atoms with van der Waals surface area (Å²) in [6.07, 6.45) is 2.23. The molecule has 1 unspecified atom stereocenters. The van der Waals surface area contributed by atoms with E-state index in [0.717, 1.165) is 31.7 Å². The van der Waals surface area contributed by atoms with Crippen LogP contribution in [-0.2, 0) is 6.42 Å². The Bertz CT molecular complexity index is 562. The van der Waals surface area contributed by atoms with Crippen molar-refractivity contribution < 1.29 is 4.74 Å². The molecule has 0 amide bonds. The summed E-state index contributed by atoms with van der Waals surface area (Å²) in [7, 11) is 0. The summed E-state index contributed by atoms with van der Waals surface area (Å²) < 4.78 is 6.15. The van der Waals surface area contributed by atoms with Gasteiger partial charge in [-0.25, -0.2) is 0 Å². The van der Waals surface area contributed by atoms with Crippen molar-refractivity contribution in [3.63, 3.8) is 0 Å². The summed E-state index contributed by atoms with van der Waals surface area (Å²) in [5.74, 6) is 0.998. The van der Waals surface area contributed by atoms with Crippen LogP contribution in [-0.4, -0.2) is 25.7 Å². The van der Waals surface area contributed by atoms with Crippen LogP contribution in [0.25, 0.3) is 10.8 Å². The van der Waals surface area contributed by atoms with Crippen LogP contribution < -0.4 is 15.8 Å². The van der Waals surface area contributed by atoms with E-state index in [1.54, 1.807) is 0 Å². The molecule has 100 valence electrons. The number of nitrogens with one attached hydrogen (secondary N) is 1. The smallest absolute Gasteiger partial charge is 0.123 e. The maximum absolute atomic E-state index is 6.15. The number of nitrogens with two attached hydrogens (primary N) is 1. The largest absolute Gasteiger partial charge is 0.489 e. The van der Waals surface area contributed by atoms with E-state index < -0.39 is 0 Å². The highest BCUT2D eigenvalue weighted by Gasteiger charge is 2.18. The highest BCUT2D eigenvalue weighted by molar-refractivity contribution is 5.87. The van der Waals surface area contributed by atoms with Gasteiger partial charge in [0.1, 0.15) is 11.9 Å². The normalized spacial score (nSPS) is 18.9. The molecular formula is C16H20N2O. The third kappa shape index (κ3) is 2.57. The first-order valence-corrected chi connectivity index (χ1v) is 6.96. The SMILES string of the molecule is NCCc1c(OC2CCNC2)ccc2ccccc12. The summed E-state index contributed by atoms with van der Waals surface area (Å²) in [4.78, 5) is 0. The van der Waals surface area contributed by atoms with Gasteiger partial charge in [0.25, 0.3) is 0 Å². The molecule has 1 aliphatic heterocycles. The number of ether oxygens (including phenoxy) is 1. The predicted molar refractivity (Wildman–Crippen MR) is 78.6 cm³/mol. The van der Waals surface area contributed by atoms with E-state index in [1.807, 2.05) is 0 Å². The van der Waals surface area contributed by atoms with Crippen LogP contribution in [0, 0.1) is 0 Å². The average molecular weight is 256 g/mol. The second-order valence-corrected chi connectivity index (χ2v) is 5.03. The maximum atomic E-state index is 6.15. The second-order valence-electron chi connectivity index (χ2n) is 5.03. The molecule has 3 heteroatoms. The van der Waals surface area contributed by atoms with Crippen LogP contribution >= 0.6 is 0 Å². The van der Waals surface area contributed by atoms with Gasteiger partial charge in [0, 0.05) is 12.1 Å². The third-order valence-electron chi connectivity index (χ3n) is 3.70. The minimum atomic E-state index is 0.290. The summed E-state index contributed by atoms with van der Waals surface area (Å²) in [6, 6.07) is 12.6. The average Bonchev–Trinajstić information content (AvgIpc) is 2.94. The van der Waals surface area contributed by atoms with Crippen molar-refractivity contribution in [3.8, 4) is 5.75 Å². The Hall–Kier alpha value is -1.58. The van der Waals surface area contributed by atoms with Gasteiger partial charge in [-0.2, -0.15) is 0 Å².